The summed E-state index contributed by atoms with van der Waals surface area (Å²) in [5.74, 6) is 1.43. The van der Waals surface area contributed by atoms with E-state index in [0.29, 0.717) is 43.2 Å². The molecule has 5 aromatic rings. The second-order valence-electron chi connectivity index (χ2n) is 17.2. The van der Waals surface area contributed by atoms with Gasteiger partial charge in [-0.2, -0.15) is 0 Å². The van der Waals surface area contributed by atoms with E-state index in [-0.39, 0.29) is 24.8 Å². The lowest BCUT2D eigenvalue weighted by molar-refractivity contribution is -0.136. The lowest BCUT2D eigenvalue weighted by Crippen LogP contribution is -2.52. The first kappa shape index (κ1) is 45.6. The number of anilines is 1. The lowest BCUT2D eigenvalue weighted by Gasteiger charge is -2.35. The van der Waals surface area contributed by atoms with Gasteiger partial charge in [-0.3, -0.25) is 24.6 Å². The number of fused-ring (bicyclic) bond motifs is 1. The van der Waals surface area contributed by atoms with Crippen molar-refractivity contribution in [1.82, 2.24) is 30.4 Å². The minimum absolute atomic E-state index is 0.160. The number of aliphatic hydroxyl groups is 1. The van der Waals surface area contributed by atoms with Crippen molar-refractivity contribution >= 4 is 40.4 Å². The van der Waals surface area contributed by atoms with Crippen molar-refractivity contribution in [2.75, 3.05) is 50.8 Å². The largest absolute Gasteiger partial charge is 0.488 e. The number of nitrogens with two attached hydrogens (primary N) is 1. The molecule has 0 saturated carbocycles. The Kier molecular flexibility index (Phi) is 15.3. The van der Waals surface area contributed by atoms with Gasteiger partial charge in [0.25, 0.3) is 5.91 Å². The minimum Gasteiger partial charge on any atom is -0.488 e. The molecule has 5 heterocycles. The molecule has 5 N–H and O–H groups in total. The van der Waals surface area contributed by atoms with E-state index in [1.54, 1.807) is 4.90 Å². The summed E-state index contributed by atoms with van der Waals surface area (Å²) in [6.45, 7) is 8.62. The number of carbonyl (C=O) groups is 3. The van der Waals surface area contributed by atoms with Gasteiger partial charge in [0.1, 0.15) is 24.2 Å². The zero-order valence-corrected chi connectivity index (χ0v) is 38.1. The summed E-state index contributed by atoms with van der Waals surface area (Å²) in [4.78, 5) is 54.5. The second kappa shape index (κ2) is 21.8. The number of aryl methyl sites for hydroxylation is 1. The first-order chi connectivity index (χ1) is 31.7. The molecular weight excluding hydrogens is 837 g/mol. The summed E-state index contributed by atoms with van der Waals surface area (Å²) in [7, 11) is 0. The van der Waals surface area contributed by atoms with Crippen molar-refractivity contribution in [3.05, 3.63) is 135 Å². The Morgan fingerprint density at radius 2 is 1.69 bits per heavy atom. The summed E-state index contributed by atoms with van der Waals surface area (Å²) < 4.78 is 6.11. The van der Waals surface area contributed by atoms with E-state index in [1.165, 1.54) is 41.7 Å². The first-order valence-corrected chi connectivity index (χ1v) is 23.9. The second-order valence-corrected chi connectivity index (χ2v) is 18.2. The van der Waals surface area contributed by atoms with Crippen LogP contribution in [-0.4, -0.2) is 94.5 Å². The Hall–Kier alpha value is -5.93. The number of nitrogens with one attached hydrogen (secondary N) is 2. The molecule has 0 aliphatic carbocycles. The van der Waals surface area contributed by atoms with E-state index >= 15 is 0 Å². The van der Waals surface area contributed by atoms with Crippen molar-refractivity contribution in [2.45, 2.75) is 84.0 Å². The number of carbonyl (C=O) groups excluding carboxylic acids is 3. The molecule has 8 rings (SSSR count). The zero-order valence-electron chi connectivity index (χ0n) is 37.3. The van der Waals surface area contributed by atoms with E-state index in [2.05, 4.69) is 75.0 Å². The Morgan fingerprint density at radius 3 is 2.46 bits per heavy atom. The molecule has 1 unspecified atom stereocenters. The Bertz CT molecular complexity index is 2460. The number of amides is 3. The molecule has 2 aromatic heterocycles. The van der Waals surface area contributed by atoms with Gasteiger partial charge in [0.2, 0.25) is 11.8 Å². The van der Waals surface area contributed by atoms with Crippen LogP contribution in [0, 0.1) is 0 Å². The number of piperazine rings is 1. The SMILES string of the molecule is CC(N)=C(c1ccccc1)c1nc(-c2cccc(CCCCCCCNCc3ccc(OCc4scc5c4CN(C4CCC(=O)NC4=O)C5=O)cc3)c2)cc(N2CCN(CCO)CC2)n1. The Morgan fingerprint density at radius 1 is 0.908 bits per heavy atom. The molecule has 3 aromatic carbocycles. The first-order valence-electron chi connectivity index (χ1n) is 23.0. The van der Waals surface area contributed by atoms with E-state index in [1.807, 2.05) is 42.6 Å². The molecule has 3 amide bonds. The summed E-state index contributed by atoms with van der Waals surface area (Å²) in [6.07, 6.45) is 7.42. The molecule has 13 nitrogen and oxygen atoms in total. The van der Waals surface area contributed by atoms with Gasteiger partial charge in [0.05, 0.1) is 17.9 Å². The highest BCUT2D eigenvalue weighted by Crippen LogP contribution is 2.35. The van der Waals surface area contributed by atoms with Crippen LogP contribution in [0.2, 0.25) is 0 Å². The van der Waals surface area contributed by atoms with Gasteiger partial charge in [-0.05, 0) is 74.0 Å². The molecule has 3 aliphatic rings. The molecule has 3 aliphatic heterocycles. The van der Waals surface area contributed by atoms with Crippen molar-refractivity contribution < 1.29 is 24.2 Å². The maximum absolute atomic E-state index is 13.1. The van der Waals surface area contributed by atoms with Crippen molar-refractivity contribution in [3.63, 3.8) is 0 Å². The number of thiophene rings is 1. The number of allylic oxidation sites excluding steroid dienone is 1. The van der Waals surface area contributed by atoms with Crippen LogP contribution < -0.4 is 26.0 Å². The highest BCUT2D eigenvalue weighted by Gasteiger charge is 2.40. The van der Waals surface area contributed by atoms with Gasteiger partial charge in [-0.25, -0.2) is 9.97 Å². The molecule has 65 heavy (non-hydrogen) atoms. The van der Waals surface area contributed by atoms with Crippen molar-refractivity contribution in [3.8, 4) is 17.0 Å². The van der Waals surface area contributed by atoms with Gasteiger partial charge in [0.15, 0.2) is 5.82 Å². The fourth-order valence-electron chi connectivity index (χ4n) is 8.94. The Balaban J connectivity index is 0.766. The molecule has 0 bridgehead atoms. The molecule has 2 saturated heterocycles. The molecule has 340 valence electrons. The van der Waals surface area contributed by atoms with E-state index in [0.717, 1.165) is 103 Å². The molecule has 1 atom stereocenters. The minimum atomic E-state index is -0.618. The van der Waals surface area contributed by atoms with Crippen LogP contribution in [0.5, 0.6) is 5.75 Å². The summed E-state index contributed by atoms with van der Waals surface area (Å²) in [5, 5.41) is 17.3. The molecule has 14 heteroatoms. The van der Waals surface area contributed by atoms with Crippen molar-refractivity contribution in [2.24, 2.45) is 5.73 Å². The van der Waals surface area contributed by atoms with Crippen LogP contribution in [-0.2, 0) is 35.7 Å². The molecule has 0 spiro atoms. The summed E-state index contributed by atoms with van der Waals surface area (Å²) in [5.41, 5.74) is 15.0. The monoisotopic (exact) mass is 896 g/mol. The highest BCUT2D eigenvalue weighted by molar-refractivity contribution is 7.10. The number of nitrogens with zero attached hydrogens (tertiary/aromatic N) is 5. The molecular formula is C51H60N8O5S. The number of ether oxygens (including phenoxy) is 1. The number of aromatic nitrogens is 2. The van der Waals surface area contributed by atoms with E-state index < -0.39 is 11.9 Å². The van der Waals surface area contributed by atoms with Gasteiger partial charge < -0.3 is 30.7 Å². The number of hydrogen-bond donors (Lipinski definition) is 4. The fourth-order valence-corrected chi connectivity index (χ4v) is 9.89. The average Bonchev–Trinajstić information content (AvgIpc) is 3.87. The zero-order chi connectivity index (χ0) is 45.1. The van der Waals surface area contributed by atoms with Crippen LogP contribution in [0.15, 0.2) is 96.0 Å². The predicted octanol–water partition coefficient (Wildman–Crippen LogP) is 6.68. The predicted molar refractivity (Wildman–Crippen MR) is 255 cm³/mol. The van der Waals surface area contributed by atoms with Gasteiger partial charge in [0, 0.05) is 91.0 Å². The third-order valence-corrected chi connectivity index (χ3v) is 13.6. The standard InChI is InChI=1S/C51H60N8O5S/c1-35(52)48(38-13-7-5-8-14-38)49-54-43(30-46(55-49)58-25-23-57(24-26-58)27-28-60)39-15-10-12-36(29-39)11-6-3-2-4-9-22-53-31-37-16-18-40(19-17-37)64-33-45-41-32-59(51(63)42(41)34-65-45)44-20-21-47(61)56-50(44)62/h5,7-8,10,12-19,29-30,34,44,53,60H,2-4,6,9,11,20-28,31-33,52H2,1H3,(H,56,61,62). The number of imide groups is 1. The average molecular weight is 897 g/mol. The quantitative estimate of drug-likeness (QED) is 0.0487. The van der Waals surface area contributed by atoms with Gasteiger partial charge in [-0.15, -0.1) is 11.3 Å². The summed E-state index contributed by atoms with van der Waals surface area (Å²) >= 11 is 1.50. The fraction of sp³-hybridized carbons (Fsp3) is 0.392. The number of benzene rings is 3. The van der Waals surface area contributed by atoms with Crippen LogP contribution in [0.4, 0.5) is 5.82 Å². The summed E-state index contributed by atoms with van der Waals surface area (Å²) in [6, 6.07) is 28.5. The third-order valence-electron chi connectivity index (χ3n) is 12.6. The van der Waals surface area contributed by atoms with E-state index in [4.69, 9.17) is 20.4 Å². The normalized spacial score (nSPS) is 17.0. The lowest BCUT2D eigenvalue weighted by atomic mass is 10.0. The van der Waals surface area contributed by atoms with Gasteiger partial charge >= 0.3 is 0 Å². The maximum atomic E-state index is 13.1. The van der Waals surface area contributed by atoms with Crippen molar-refractivity contribution in [1.29, 1.82) is 0 Å². The number of aliphatic hydroxyl groups excluding tert-OH is 1. The van der Waals surface area contributed by atoms with Crippen LogP contribution >= 0.6 is 11.3 Å². The Labute approximate surface area is 385 Å². The third kappa shape index (κ3) is 11.5. The molecule has 2 fully saturated rings. The van der Waals surface area contributed by atoms with Crippen LogP contribution in [0.1, 0.15) is 95.2 Å². The van der Waals surface area contributed by atoms with E-state index in [9.17, 15) is 19.5 Å². The number of β-amino-alcohol motifs (C(OH)–C–C–N with tert-alkyl or cyclic N) is 1. The van der Waals surface area contributed by atoms with Gasteiger partial charge in [-0.1, -0.05) is 79.9 Å². The number of piperidine rings is 1. The highest BCUT2D eigenvalue weighted by atomic mass is 32.1. The molecule has 0 radical (unpaired) electrons. The number of hydrogen-bond acceptors (Lipinski definition) is 12. The maximum Gasteiger partial charge on any atom is 0.256 e. The number of rotatable bonds is 20. The number of unbranched alkanes of at least 4 members (excludes halogenated alkanes) is 4. The van der Waals surface area contributed by atoms with Crippen LogP contribution in [0.3, 0.4) is 0 Å². The topological polar surface area (TPSA) is 166 Å². The van der Waals surface area contributed by atoms with Crippen LogP contribution in [0.25, 0.3) is 16.8 Å². The smallest absolute Gasteiger partial charge is 0.256 e.